The van der Waals surface area contributed by atoms with Crippen molar-refractivity contribution in [2.75, 3.05) is 20.3 Å². The van der Waals surface area contributed by atoms with Crippen LogP contribution in [0.25, 0.3) is 0 Å². The summed E-state index contributed by atoms with van der Waals surface area (Å²) in [4.78, 5) is 2.12. The van der Waals surface area contributed by atoms with Crippen LogP contribution in [-0.2, 0) is 0 Å². The summed E-state index contributed by atoms with van der Waals surface area (Å²) in [5.41, 5.74) is 0. The molecule has 0 N–H and O–H groups in total. The summed E-state index contributed by atoms with van der Waals surface area (Å²) in [5.74, 6) is 0.719. The molecule has 2 atom stereocenters. The molecule has 1 aliphatic heterocycles. The van der Waals surface area contributed by atoms with Crippen LogP contribution in [0.3, 0.4) is 0 Å². The van der Waals surface area contributed by atoms with Crippen molar-refractivity contribution in [2.45, 2.75) is 25.8 Å². The van der Waals surface area contributed by atoms with Gasteiger partial charge < -0.3 is 4.90 Å². The molecule has 0 bridgehead atoms. The van der Waals surface area contributed by atoms with Gasteiger partial charge in [-0.1, -0.05) is 6.92 Å². The molecule has 10 heavy (non-hydrogen) atoms. The minimum atomic E-state index is -0.180. The number of alkyl halides is 1. The number of halogens is 1. The Hall–Kier alpha value is -0.110. The van der Waals surface area contributed by atoms with Crippen molar-refractivity contribution in [3.63, 3.8) is 0 Å². The Morgan fingerprint density at radius 1 is 1.60 bits per heavy atom. The zero-order chi connectivity index (χ0) is 7.56. The topological polar surface area (TPSA) is 3.24 Å². The largest absolute Gasteiger partial charge is 0.301 e. The van der Waals surface area contributed by atoms with Crippen LogP contribution in [0.5, 0.6) is 0 Å². The molecule has 1 heterocycles. The third-order valence-corrected chi connectivity index (χ3v) is 2.45. The molecule has 1 aliphatic rings. The van der Waals surface area contributed by atoms with E-state index in [4.69, 9.17) is 0 Å². The van der Waals surface area contributed by atoms with Crippen LogP contribution in [-0.4, -0.2) is 31.2 Å². The third-order valence-electron chi connectivity index (χ3n) is 2.45. The lowest BCUT2D eigenvalue weighted by Crippen LogP contribution is -2.40. The van der Waals surface area contributed by atoms with E-state index in [1.54, 1.807) is 0 Å². The molecule has 1 unspecified atom stereocenters. The first-order chi connectivity index (χ1) is 4.74. The van der Waals surface area contributed by atoms with Crippen molar-refractivity contribution in [2.24, 2.45) is 5.92 Å². The van der Waals surface area contributed by atoms with Crippen LogP contribution >= 0.6 is 0 Å². The van der Waals surface area contributed by atoms with Crippen molar-refractivity contribution in [1.82, 2.24) is 4.90 Å². The van der Waals surface area contributed by atoms with Gasteiger partial charge in [-0.3, -0.25) is 0 Å². The van der Waals surface area contributed by atoms with Crippen molar-refractivity contribution < 1.29 is 4.39 Å². The number of hydrogen-bond acceptors (Lipinski definition) is 1. The van der Waals surface area contributed by atoms with Crippen molar-refractivity contribution in [1.29, 1.82) is 0 Å². The molecule has 60 valence electrons. The predicted octanol–water partition coefficient (Wildman–Crippen LogP) is 1.69. The fourth-order valence-electron chi connectivity index (χ4n) is 1.55. The van der Waals surface area contributed by atoms with E-state index in [0.29, 0.717) is 0 Å². The highest BCUT2D eigenvalue weighted by atomic mass is 19.1. The zero-order valence-corrected chi connectivity index (χ0v) is 6.81. The molecule has 1 rings (SSSR count). The molecule has 2 heteroatoms. The van der Waals surface area contributed by atoms with Crippen molar-refractivity contribution in [3.8, 4) is 0 Å². The molecule has 0 spiro atoms. The Balaban J connectivity index is 2.38. The highest BCUT2D eigenvalue weighted by Crippen LogP contribution is 2.20. The monoisotopic (exact) mass is 145 g/mol. The summed E-state index contributed by atoms with van der Waals surface area (Å²) in [6, 6.07) is 0.198. The average molecular weight is 145 g/mol. The Bertz CT molecular complexity index is 105. The van der Waals surface area contributed by atoms with Crippen molar-refractivity contribution in [3.05, 3.63) is 0 Å². The standard InChI is InChI=1S/C8H16FN/c1-7-3-4-10(2)8(5-7)6-9/h7-8H,3-6H2,1-2H3/t7-,8?/m1/s1. The summed E-state index contributed by atoms with van der Waals surface area (Å²) >= 11 is 0. The summed E-state index contributed by atoms with van der Waals surface area (Å²) in [7, 11) is 2.01. The summed E-state index contributed by atoms with van der Waals surface area (Å²) in [6.07, 6.45) is 2.26. The van der Waals surface area contributed by atoms with Gasteiger partial charge in [0.25, 0.3) is 0 Å². The molecule has 1 nitrogen and oxygen atoms in total. The average Bonchev–Trinajstić information content (AvgIpc) is 1.94. The SMILES string of the molecule is C[C@@H]1CCN(C)C(CF)C1. The predicted molar refractivity (Wildman–Crippen MR) is 40.8 cm³/mol. The van der Waals surface area contributed by atoms with Crippen LogP contribution in [0.15, 0.2) is 0 Å². The van der Waals surface area contributed by atoms with E-state index in [9.17, 15) is 4.39 Å². The second-order valence-electron chi connectivity index (χ2n) is 3.42. The molecule has 0 aromatic rings. The quantitative estimate of drug-likeness (QED) is 0.542. The highest BCUT2D eigenvalue weighted by molar-refractivity contribution is 4.76. The van der Waals surface area contributed by atoms with Crippen LogP contribution in [0.2, 0.25) is 0 Å². The molecule has 0 aromatic carbocycles. The van der Waals surface area contributed by atoms with Gasteiger partial charge >= 0.3 is 0 Å². The van der Waals surface area contributed by atoms with E-state index >= 15 is 0 Å². The van der Waals surface area contributed by atoms with Gasteiger partial charge in [0.1, 0.15) is 6.67 Å². The van der Waals surface area contributed by atoms with Gasteiger partial charge in [-0.25, -0.2) is 4.39 Å². The molecule has 0 amide bonds. The number of piperidine rings is 1. The molecule has 0 aliphatic carbocycles. The number of hydrogen-bond donors (Lipinski definition) is 0. The van der Waals surface area contributed by atoms with Gasteiger partial charge in [0.15, 0.2) is 0 Å². The van der Waals surface area contributed by atoms with Gasteiger partial charge in [-0.15, -0.1) is 0 Å². The lowest BCUT2D eigenvalue weighted by Gasteiger charge is -2.33. The van der Waals surface area contributed by atoms with E-state index in [2.05, 4.69) is 11.8 Å². The minimum absolute atomic E-state index is 0.180. The van der Waals surface area contributed by atoms with Crippen LogP contribution in [0, 0.1) is 5.92 Å². The van der Waals surface area contributed by atoms with Crippen LogP contribution < -0.4 is 0 Å². The lowest BCUT2D eigenvalue weighted by atomic mass is 9.94. The first-order valence-electron chi connectivity index (χ1n) is 4.00. The molecule has 0 radical (unpaired) electrons. The number of nitrogens with zero attached hydrogens (tertiary/aromatic N) is 1. The number of rotatable bonds is 1. The van der Waals surface area contributed by atoms with Gasteiger partial charge in [0.05, 0.1) is 0 Å². The third kappa shape index (κ3) is 1.69. The maximum absolute atomic E-state index is 12.3. The van der Waals surface area contributed by atoms with Crippen LogP contribution in [0.1, 0.15) is 19.8 Å². The maximum atomic E-state index is 12.3. The molecular formula is C8H16FN. The van der Waals surface area contributed by atoms with Crippen molar-refractivity contribution >= 4 is 0 Å². The van der Waals surface area contributed by atoms with E-state index in [1.165, 1.54) is 6.42 Å². The summed E-state index contributed by atoms with van der Waals surface area (Å²) in [6.45, 7) is 3.09. The van der Waals surface area contributed by atoms with Gasteiger partial charge in [-0.2, -0.15) is 0 Å². The molecular weight excluding hydrogens is 129 g/mol. The van der Waals surface area contributed by atoms with E-state index in [0.717, 1.165) is 18.9 Å². The van der Waals surface area contributed by atoms with Gasteiger partial charge in [0, 0.05) is 6.04 Å². The van der Waals surface area contributed by atoms with Gasteiger partial charge in [0.2, 0.25) is 0 Å². The Labute approximate surface area is 62.2 Å². The first-order valence-corrected chi connectivity index (χ1v) is 4.00. The first kappa shape index (κ1) is 7.99. The van der Waals surface area contributed by atoms with E-state index in [1.807, 2.05) is 7.05 Å². The summed E-state index contributed by atoms with van der Waals surface area (Å²) < 4.78 is 12.3. The molecule has 1 fully saturated rings. The Morgan fingerprint density at radius 2 is 2.30 bits per heavy atom. The van der Waals surface area contributed by atoms with Crippen LogP contribution in [0.4, 0.5) is 4.39 Å². The molecule has 0 aromatic heterocycles. The maximum Gasteiger partial charge on any atom is 0.105 e. The Kier molecular flexibility index (Phi) is 2.66. The number of likely N-dealkylation sites (tertiary alicyclic amines) is 1. The summed E-state index contributed by atoms with van der Waals surface area (Å²) in [5, 5.41) is 0. The fraction of sp³-hybridized carbons (Fsp3) is 1.00. The molecule has 1 saturated heterocycles. The molecule has 0 saturated carbocycles. The smallest absolute Gasteiger partial charge is 0.105 e. The van der Waals surface area contributed by atoms with Gasteiger partial charge in [-0.05, 0) is 32.4 Å². The highest BCUT2D eigenvalue weighted by Gasteiger charge is 2.22. The van der Waals surface area contributed by atoms with E-state index in [-0.39, 0.29) is 12.7 Å². The fourth-order valence-corrected chi connectivity index (χ4v) is 1.55. The van der Waals surface area contributed by atoms with E-state index < -0.39 is 0 Å². The second kappa shape index (κ2) is 3.33. The normalized spacial score (nSPS) is 36.3. The Morgan fingerprint density at radius 3 is 2.80 bits per heavy atom. The lowest BCUT2D eigenvalue weighted by molar-refractivity contribution is 0.124. The minimum Gasteiger partial charge on any atom is -0.301 e. The second-order valence-corrected chi connectivity index (χ2v) is 3.42. The zero-order valence-electron chi connectivity index (χ0n) is 6.81.